The Morgan fingerprint density at radius 1 is 1.73 bits per heavy atom. The van der Waals surface area contributed by atoms with E-state index in [9.17, 15) is 9.59 Å². The van der Waals surface area contributed by atoms with Crippen LogP contribution in [-0.2, 0) is 18.8 Å². The molecule has 1 saturated carbocycles. The molecule has 15 heavy (non-hydrogen) atoms. The van der Waals surface area contributed by atoms with Gasteiger partial charge in [0.25, 0.3) is 0 Å². The van der Waals surface area contributed by atoms with Crippen molar-refractivity contribution < 1.29 is 18.8 Å². The Morgan fingerprint density at radius 3 is 3.07 bits per heavy atom. The van der Waals surface area contributed by atoms with Crippen LogP contribution in [0.15, 0.2) is 11.6 Å². The third-order valence-corrected chi connectivity index (χ3v) is 3.43. The summed E-state index contributed by atoms with van der Waals surface area (Å²) in [6, 6.07) is 0. The van der Waals surface area contributed by atoms with Crippen LogP contribution in [0.3, 0.4) is 0 Å². The summed E-state index contributed by atoms with van der Waals surface area (Å²) in [6.07, 6.45) is 2.14. The highest BCUT2D eigenvalue weighted by molar-refractivity contribution is 8.23. The van der Waals surface area contributed by atoms with E-state index in [1.54, 1.807) is 0 Å². The molecule has 0 N–H and O–H groups in total. The standard InChI is InChI=1S/C8H9BO4P2/c9-15(14)13-7-2-6-4(5(7)3-10)1-8(11)12-6/h1,3,5-7H,2,14H2/t5-,6-,7+,15?/m0/s1. The third kappa shape index (κ3) is 2.15. The van der Waals surface area contributed by atoms with E-state index in [0.29, 0.717) is 6.42 Å². The number of carbonyl (C=O) groups is 2. The van der Waals surface area contributed by atoms with Crippen LogP contribution in [0.5, 0.6) is 0 Å². The Balaban J connectivity index is 2.15. The summed E-state index contributed by atoms with van der Waals surface area (Å²) >= 11 is 0. The van der Waals surface area contributed by atoms with Gasteiger partial charge in [0.2, 0.25) is 0 Å². The molecule has 0 amide bonds. The molecule has 1 aliphatic heterocycles. The lowest BCUT2D eigenvalue weighted by Crippen LogP contribution is -2.18. The van der Waals surface area contributed by atoms with Crippen molar-refractivity contribution in [1.29, 1.82) is 0 Å². The van der Waals surface area contributed by atoms with Crippen LogP contribution in [0.2, 0.25) is 0 Å². The van der Waals surface area contributed by atoms with Crippen molar-refractivity contribution in [3.63, 3.8) is 0 Å². The van der Waals surface area contributed by atoms with Crippen molar-refractivity contribution in [2.45, 2.75) is 18.6 Å². The number of aldehydes is 1. The minimum Gasteiger partial charge on any atom is -0.455 e. The number of carbonyl (C=O) groups excluding carboxylic acids is 2. The molecular weight excluding hydrogens is 233 g/mol. The zero-order valence-corrected chi connectivity index (χ0v) is 9.88. The summed E-state index contributed by atoms with van der Waals surface area (Å²) in [5.41, 5.74) is 0.724. The van der Waals surface area contributed by atoms with Crippen molar-refractivity contribution in [1.82, 2.24) is 0 Å². The molecule has 0 aromatic heterocycles. The third-order valence-electron chi connectivity index (χ3n) is 2.55. The molecule has 5 atom stereocenters. The van der Waals surface area contributed by atoms with Gasteiger partial charge in [-0.15, -0.1) is 0 Å². The number of ether oxygens (including phenoxy) is 1. The molecule has 0 aromatic carbocycles. The van der Waals surface area contributed by atoms with E-state index >= 15 is 0 Å². The van der Waals surface area contributed by atoms with Gasteiger partial charge in [0.1, 0.15) is 12.4 Å². The first kappa shape index (κ1) is 11.3. The van der Waals surface area contributed by atoms with Crippen LogP contribution < -0.4 is 0 Å². The minimum absolute atomic E-state index is 0.263. The molecule has 1 fully saturated rings. The lowest BCUT2D eigenvalue weighted by atomic mass is 10.0. The Labute approximate surface area is 92.1 Å². The molecule has 0 spiro atoms. The SMILES string of the molecule is [B]P(P)O[C@@H]1C[C@@H]2OC(=O)C=C2[C@@H]1C=O. The molecule has 0 saturated heterocycles. The van der Waals surface area contributed by atoms with Gasteiger partial charge in [0.15, 0.2) is 7.57 Å². The van der Waals surface area contributed by atoms with E-state index in [1.807, 2.05) is 0 Å². The quantitative estimate of drug-likeness (QED) is 0.316. The normalized spacial score (nSPS) is 35.7. The first-order chi connectivity index (χ1) is 7.11. The number of hydrogen-bond donors (Lipinski definition) is 0. The average molecular weight is 242 g/mol. The predicted molar refractivity (Wildman–Crippen MR) is 59.4 cm³/mol. The van der Waals surface area contributed by atoms with Gasteiger partial charge in [0.05, 0.1) is 12.0 Å². The summed E-state index contributed by atoms with van der Waals surface area (Å²) in [4.78, 5) is 21.9. The smallest absolute Gasteiger partial charge is 0.331 e. The molecule has 2 rings (SSSR count). The Kier molecular flexibility index (Phi) is 3.25. The van der Waals surface area contributed by atoms with Gasteiger partial charge >= 0.3 is 5.97 Å². The van der Waals surface area contributed by atoms with E-state index in [-0.39, 0.29) is 18.2 Å². The fourth-order valence-electron chi connectivity index (χ4n) is 1.97. The maximum atomic E-state index is 11.0. The molecule has 1 aliphatic carbocycles. The van der Waals surface area contributed by atoms with Crippen LogP contribution in [-0.4, -0.2) is 32.0 Å². The molecule has 0 aromatic rings. The van der Waals surface area contributed by atoms with Gasteiger partial charge in [-0.1, -0.05) is 8.93 Å². The first-order valence-electron chi connectivity index (χ1n) is 4.45. The van der Waals surface area contributed by atoms with Crippen molar-refractivity contribution in [2.75, 3.05) is 0 Å². The highest BCUT2D eigenvalue weighted by Gasteiger charge is 2.45. The van der Waals surface area contributed by atoms with E-state index in [0.717, 1.165) is 11.9 Å². The lowest BCUT2D eigenvalue weighted by molar-refractivity contribution is -0.138. The van der Waals surface area contributed by atoms with Gasteiger partial charge < -0.3 is 14.1 Å². The largest absolute Gasteiger partial charge is 0.455 e. The topological polar surface area (TPSA) is 52.6 Å². The molecular formula is C8H9BO4P2. The lowest BCUT2D eigenvalue weighted by Gasteiger charge is -2.18. The fourth-order valence-corrected chi connectivity index (χ4v) is 2.97. The maximum Gasteiger partial charge on any atom is 0.331 e. The summed E-state index contributed by atoms with van der Waals surface area (Å²) in [6.45, 7) is 0. The van der Waals surface area contributed by atoms with Crippen LogP contribution in [0.1, 0.15) is 6.42 Å². The van der Waals surface area contributed by atoms with Gasteiger partial charge in [-0.05, 0) is 13.3 Å². The zero-order chi connectivity index (χ0) is 11.0. The molecule has 2 unspecified atom stereocenters. The van der Waals surface area contributed by atoms with Crippen molar-refractivity contribution in [2.24, 2.45) is 5.92 Å². The number of hydrogen-bond acceptors (Lipinski definition) is 4. The number of rotatable bonds is 3. The summed E-state index contributed by atoms with van der Waals surface area (Å²) in [7, 11) is 6.81. The summed E-state index contributed by atoms with van der Waals surface area (Å²) in [5, 5.41) is 0. The molecule has 0 bridgehead atoms. The molecule has 2 aliphatic rings. The summed E-state index contributed by atoms with van der Waals surface area (Å²) < 4.78 is 10.4. The Bertz CT molecular complexity index is 331. The molecule has 2 radical (unpaired) electrons. The van der Waals surface area contributed by atoms with Gasteiger partial charge in [-0.25, -0.2) is 4.79 Å². The van der Waals surface area contributed by atoms with Crippen LogP contribution in [0, 0.1) is 5.92 Å². The van der Waals surface area contributed by atoms with Gasteiger partial charge in [-0.2, -0.15) is 0 Å². The fraction of sp³-hybridized carbons (Fsp3) is 0.500. The minimum atomic E-state index is -1.08. The molecule has 4 nitrogen and oxygen atoms in total. The Hall–Kier alpha value is -0.235. The molecule has 7 heteroatoms. The van der Waals surface area contributed by atoms with Gasteiger partial charge in [0, 0.05) is 12.5 Å². The average Bonchev–Trinajstić information content (AvgIpc) is 2.59. The second-order valence-electron chi connectivity index (χ2n) is 3.47. The van der Waals surface area contributed by atoms with E-state index in [1.165, 1.54) is 6.08 Å². The highest BCUT2D eigenvalue weighted by Crippen LogP contribution is 2.48. The van der Waals surface area contributed by atoms with Gasteiger partial charge in [-0.3, -0.25) is 0 Å². The predicted octanol–water partition coefficient (Wildman–Crippen LogP) is 0.713. The molecule has 78 valence electrons. The number of esters is 1. The van der Waals surface area contributed by atoms with Crippen LogP contribution in [0.25, 0.3) is 0 Å². The van der Waals surface area contributed by atoms with Crippen molar-refractivity contribution in [3.05, 3.63) is 11.6 Å². The second kappa shape index (κ2) is 4.33. The molecule has 1 heterocycles. The highest BCUT2D eigenvalue weighted by atomic mass is 32.0. The van der Waals surface area contributed by atoms with Crippen LogP contribution in [0.4, 0.5) is 0 Å². The van der Waals surface area contributed by atoms with Crippen LogP contribution >= 0.6 is 16.6 Å². The van der Waals surface area contributed by atoms with E-state index in [4.69, 9.17) is 16.8 Å². The van der Waals surface area contributed by atoms with Crippen molar-refractivity contribution in [3.8, 4) is 0 Å². The monoisotopic (exact) mass is 242 g/mol. The number of fused-ring (bicyclic) bond motifs is 1. The second-order valence-corrected chi connectivity index (χ2v) is 5.93. The van der Waals surface area contributed by atoms with E-state index < -0.39 is 13.6 Å². The summed E-state index contributed by atoms with van der Waals surface area (Å²) in [5.74, 6) is -0.767. The van der Waals surface area contributed by atoms with Crippen molar-refractivity contribution >= 4 is 36.5 Å². The zero-order valence-electron chi connectivity index (χ0n) is 7.83. The first-order valence-corrected chi connectivity index (χ1v) is 7.40. The van der Waals surface area contributed by atoms with E-state index in [2.05, 4.69) is 8.93 Å². The maximum absolute atomic E-state index is 11.0. The Morgan fingerprint density at radius 2 is 2.47 bits per heavy atom.